The molecule has 6 nitrogen and oxygen atoms in total. The predicted octanol–water partition coefficient (Wildman–Crippen LogP) is 1.35. The molecule has 6 heteroatoms. The summed E-state index contributed by atoms with van der Waals surface area (Å²) in [4.78, 5) is 19.5. The Morgan fingerprint density at radius 1 is 1.27 bits per heavy atom. The van der Waals surface area contributed by atoms with Gasteiger partial charge in [0.25, 0.3) is 5.56 Å². The van der Waals surface area contributed by atoms with Gasteiger partial charge in [-0.05, 0) is 19.0 Å². The van der Waals surface area contributed by atoms with Gasteiger partial charge in [-0.2, -0.15) is 5.10 Å². The molecular formula is C16H17N5O. The third kappa shape index (κ3) is 2.03. The first-order chi connectivity index (χ1) is 10.7. The van der Waals surface area contributed by atoms with Crippen LogP contribution < -0.4 is 5.56 Å². The summed E-state index contributed by atoms with van der Waals surface area (Å²) in [5.41, 5.74) is 1.82. The Kier molecular flexibility index (Phi) is 3.04. The third-order valence-electron chi connectivity index (χ3n) is 4.38. The fraction of sp³-hybridized carbons (Fsp3) is 0.312. The molecule has 1 N–H and O–H groups in total. The maximum absolute atomic E-state index is 12.6. The Balaban J connectivity index is 1.84. The molecule has 0 saturated heterocycles. The van der Waals surface area contributed by atoms with Crippen LogP contribution in [0.3, 0.4) is 0 Å². The van der Waals surface area contributed by atoms with Gasteiger partial charge in [0.05, 0.1) is 12.2 Å². The number of likely N-dealkylation sites (N-methyl/N-ethyl adjacent to an activating group) is 1. The molecule has 22 heavy (non-hydrogen) atoms. The lowest BCUT2D eigenvalue weighted by atomic mass is 10.0. The van der Waals surface area contributed by atoms with Gasteiger partial charge in [0, 0.05) is 13.1 Å². The summed E-state index contributed by atoms with van der Waals surface area (Å²) in [6.45, 7) is 1.51. The van der Waals surface area contributed by atoms with E-state index in [2.05, 4.69) is 39.3 Å². The zero-order chi connectivity index (χ0) is 15.1. The van der Waals surface area contributed by atoms with E-state index < -0.39 is 0 Å². The van der Waals surface area contributed by atoms with Crippen LogP contribution in [-0.4, -0.2) is 38.2 Å². The van der Waals surface area contributed by atoms with Crippen molar-refractivity contribution < 1.29 is 0 Å². The minimum absolute atomic E-state index is 0.0000818. The first-order valence-electron chi connectivity index (χ1n) is 7.42. The monoisotopic (exact) mass is 295 g/mol. The van der Waals surface area contributed by atoms with Crippen LogP contribution in [0.4, 0.5) is 0 Å². The highest BCUT2D eigenvalue weighted by Crippen LogP contribution is 2.26. The van der Waals surface area contributed by atoms with Gasteiger partial charge in [-0.25, -0.2) is 4.98 Å². The molecule has 1 unspecified atom stereocenters. The largest absolute Gasteiger partial charge is 0.294 e. The summed E-state index contributed by atoms with van der Waals surface area (Å²) in [6, 6.07) is 10.4. The summed E-state index contributed by atoms with van der Waals surface area (Å²) in [5.74, 6) is 0.819. The van der Waals surface area contributed by atoms with Gasteiger partial charge in [-0.3, -0.25) is 19.4 Å². The van der Waals surface area contributed by atoms with E-state index in [4.69, 9.17) is 0 Å². The average Bonchev–Trinajstić information content (AvgIpc) is 3.00. The molecule has 1 aliphatic rings. The smallest absolute Gasteiger partial charge is 0.264 e. The predicted molar refractivity (Wildman–Crippen MR) is 83.7 cm³/mol. The summed E-state index contributed by atoms with van der Waals surface area (Å²) in [5, 5.41) is 7.33. The van der Waals surface area contributed by atoms with E-state index in [1.165, 1.54) is 5.56 Å². The second kappa shape index (κ2) is 5.06. The minimum Gasteiger partial charge on any atom is -0.294 e. The van der Waals surface area contributed by atoms with Crippen molar-refractivity contribution in [3.63, 3.8) is 0 Å². The quantitative estimate of drug-likeness (QED) is 0.775. The lowest BCUT2D eigenvalue weighted by Gasteiger charge is -2.34. The number of H-pyrrole nitrogens is 1. The molecule has 1 aromatic carbocycles. The van der Waals surface area contributed by atoms with Crippen molar-refractivity contribution in [3.05, 3.63) is 58.3 Å². The number of rotatable bonds is 2. The number of aromatic nitrogens is 4. The van der Waals surface area contributed by atoms with Crippen molar-refractivity contribution in [1.29, 1.82) is 0 Å². The molecule has 0 spiro atoms. The van der Waals surface area contributed by atoms with Gasteiger partial charge in [0.2, 0.25) is 0 Å². The number of hydrogen-bond acceptors (Lipinski definition) is 4. The number of nitrogens with zero attached hydrogens (tertiary/aromatic N) is 4. The van der Waals surface area contributed by atoms with Gasteiger partial charge in [0.15, 0.2) is 5.65 Å². The molecule has 4 rings (SSSR count). The van der Waals surface area contributed by atoms with Crippen LogP contribution >= 0.6 is 0 Å². The van der Waals surface area contributed by atoms with Crippen molar-refractivity contribution in [2.75, 3.05) is 13.6 Å². The molecular weight excluding hydrogens is 278 g/mol. The van der Waals surface area contributed by atoms with Crippen LogP contribution in [0.5, 0.6) is 0 Å². The number of fused-ring (bicyclic) bond motifs is 2. The van der Waals surface area contributed by atoms with Crippen LogP contribution in [0.1, 0.15) is 17.4 Å². The first kappa shape index (κ1) is 13.2. The van der Waals surface area contributed by atoms with E-state index in [1.54, 1.807) is 10.8 Å². The molecule has 0 bridgehead atoms. The standard InChI is InChI=1S/C16H17N5O/c1-20-7-8-21-15(13(20)9-11-5-3-2-4-6-11)18-14-12(16(21)22)10-17-19-14/h2-6,10,13H,7-9H2,1H3,(H,17,19). The molecule has 112 valence electrons. The topological polar surface area (TPSA) is 66.8 Å². The summed E-state index contributed by atoms with van der Waals surface area (Å²) in [7, 11) is 2.08. The average molecular weight is 295 g/mol. The Bertz CT molecular complexity index is 867. The van der Waals surface area contributed by atoms with Crippen LogP contribution in [0, 0.1) is 0 Å². The van der Waals surface area contributed by atoms with Gasteiger partial charge in [0.1, 0.15) is 11.2 Å². The molecule has 2 aromatic heterocycles. The maximum Gasteiger partial charge on any atom is 0.264 e. The SMILES string of the molecule is CN1CCn2c(nc3[nH]ncc3c2=O)C1Cc1ccccc1. The van der Waals surface area contributed by atoms with Crippen LogP contribution in [0.25, 0.3) is 11.0 Å². The van der Waals surface area contributed by atoms with Crippen LogP contribution in [0.15, 0.2) is 41.3 Å². The van der Waals surface area contributed by atoms with Crippen molar-refractivity contribution in [1.82, 2.24) is 24.6 Å². The minimum atomic E-state index is -0.0000818. The normalized spacial score (nSPS) is 18.5. The summed E-state index contributed by atoms with van der Waals surface area (Å²) >= 11 is 0. The van der Waals surface area contributed by atoms with E-state index in [9.17, 15) is 4.79 Å². The number of hydrogen-bond donors (Lipinski definition) is 1. The fourth-order valence-electron chi connectivity index (χ4n) is 3.11. The van der Waals surface area contributed by atoms with Crippen molar-refractivity contribution in [3.8, 4) is 0 Å². The zero-order valence-corrected chi connectivity index (χ0v) is 12.4. The second-order valence-electron chi connectivity index (χ2n) is 5.75. The van der Waals surface area contributed by atoms with Gasteiger partial charge < -0.3 is 0 Å². The van der Waals surface area contributed by atoms with E-state index in [-0.39, 0.29) is 11.6 Å². The highest BCUT2D eigenvalue weighted by Gasteiger charge is 2.28. The maximum atomic E-state index is 12.6. The van der Waals surface area contributed by atoms with Crippen LogP contribution in [0.2, 0.25) is 0 Å². The zero-order valence-electron chi connectivity index (χ0n) is 12.4. The lowest BCUT2D eigenvalue weighted by Crippen LogP contribution is -2.42. The first-order valence-corrected chi connectivity index (χ1v) is 7.42. The highest BCUT2D eigenvalue weighted by molar-refractivity contribution is 5.72. The Morgan fingerprint density at radius 3 is 2.91 bits per heavy atom. The Morgan fingerprint density at radius 2 is 2.09 bits per heavy atom. The van der Waals surface area contributed by atoms with E-state index in [0.29, 0.717) is 17.6 Å². The molecule has 1 aliphatic heterocycles. The highest BCUT2D eigenvalue weighted by atomic mass is 16.1. The van der Waals surface area contributed by atoms with E-state index >= 15 is 0 Å². The number of aromatic amines is 1. The summed E-state index contributed by atoms with van der Waals surface area (Å²) < 4.78 is 1.80. The Hall–Kier alpha value is -2.47. The Labute approximate surface area is 127 Å². The van der Waals surface area contributed by atoms with Gasteiger partial charge in [-0.1, -0.05) is 30.3 Å². The van der Waals surface area contributed by atoms with Crippen LogP contribution in [-0.2, 0) is 13.0 Å². The molecule has 3 aromatic rings. The number of nitrogens with one attached hydrogen (secondary N) is 1. The molecule has 0 amide bonds. The summed E-state index contributed by atoms with van der Waals surface area (Å²) in [6.07, 6.45) is 2.39. The molecule has 1 atom stereocenters. The van der Waals surface area contributed by atoms with Crippen molar-refractivity contribution in [2.24, 2.45) is 0 Å². The number of benzene rings is 1. The second-order valence-corrected chi connectivity index (χ2v) is 5.75. The molecule has 0 radical (unpaired) electrons. The molecule has 0 aliphatic carbocycles. The molecule has 0 saturated carbocycles. The molecule has 0 fully saturated rings. The fourth-order valence-corrected chi connectivity index (χ4v) is 3.11. The molecule has 3 heterocycles. The van der Waals surface area contributed by atoms with E-state index in [0.717, 1.165) is 18.8 Å². The third-order valence-corrected chi connectivity index (χ3v) is 4.38. The lowest BCUT2D eigenvalue weighted by molar-refractivity contribution is 0.185. The van der Waals surface area contributed by atoms with Crippen molar-refractivity contribution in [2.45, 2.75) is 19.0 Å². The van der Waals surface area contributed by atoms with Gasteiger partial charge in [-0.15, -0.1) is 0 Å². The van der Waals surface area contributed by atoms with E-state index in [1.807, 2.05) is 18.2 Å². The van der Waals surface area contributed by atoms with Crippen molar-refractivity contribution >= 4 is 11.0 Å². The van der Waals surface area contributed by atoms with Gasteiger partial charge >= 0.3 is 0 Å².